The van der Waals surface area contributed by atoms with Gasteiger partial charge in [-0.15, -0.1) is 0 Å². The van der Waals surface area contributed by atoms with Crippen molar-refractivity contribution in [2.45, 2.75) is 57.2 Å². The van der Waals surface area contributed by atoms with Crippen LogP contribution in [0.1, 0.15) is 44.9 Å². The first-order chi connectivity index (χ1) is 8.74. The molecule has 1 aliphatic carbocycles. The lowest BCUT2D eigenvalue weighted by molar-refractivity contribution is -0.140. The molecule has 18 heavy (non-hydrogen) atoms. The molecule has 2 rings (SSSR count). The maximum Gasteiger partial charge on any atom is 0.305 e. The number of methoxy groups -OCH3 is 1. The van der Waals surface area contributed by atoms with Crippen molar-refractivity contribution < 1.29 is 19.4 Å². The Bertz CT molecular complexity index is 279. The van der Waals surface area contributed by atoms with Gasteiger partial charge in [0.15, 0.2) is 0 Å². The van der Waals surface area contributed by atoms with Gasteiger partial charge in [0.05, 0.1) is 19.3 Å². The molecule has 0 aromatic heterocycles. The predicted molar refractivity (Wildman–Crippen MR) is 67.1 cm³/mol. The molecule has 1 N–H and O–H groups in total. The third kappa shape index (κ3) is 3.23. The highest BCUT2D eigenvalue weighted by Crippen LogP contribution is 2.43. The molecule has 4 heteroatoms. The summed E-state index contributed by atoms with van der Waals surface area (Å²) in [5, 5.41) is 9.29. The van der Waals surface area contributed by atoms with E-state index in [1.54, 1.807) is 0 Å². The summed E-state index contributed by atoms with van der Waals surface area (Å²) in [6.07, 6.45) is 7.47. The summed E-state index contributed by atoms with van der Waals surface area (Å²) in [5.74, 6) is 0.898. The molecule has 1 heterocycles. The first kappa shape index (κ1) is 13.8. The van der Waals surface area contributed by atoms with E-state index < -0.39 is 0 Å². The molecule has 0 spiro atoms. The average Bonchev–Trinajstić information content (AvgIpc) is 2.93. The van der Waals surface area contributed by atoms with Crippen LogP contribution >= 0.6 is 0 Å². The molecule has 1 saturated heterocycles. The van der Waals surface area contributed by atoms with Gasteiger partial charge < -0.3 is 14.6 Å². The summed E-state index contributed by atoms with van der Waals surface area (Å²) in [6, 6.07) is 0. The van der Waals surface area contributed by atoms with Crippen molar-refractivity contribution in [1.29, 1.82) is 0 Å². The van der Waals surface area contributed by atoms with Crippen molar-refractivity contribution >= 4 is 5.97 Å². The summed E-state index contributed by atoms with van der Waals surface area (Å²) in [6.45, 7) is 0.305. The minimum Gasteiger partial charge on any atom is -0.469 e. The summed E-state index contributed by atoms with van der Waals surface area (Å²) < 4.78 is 10.6. The zero-order chi connectivity index (χ0) is 13.0. The fourth-order valence-electron chi connectivity index (χ4n) is 3.39. The molecule has 4 unspecified atom stereocenters. The fourth-order valence-corrected chi connectivity index (χ4v) is 3.39. The van der Waals surface area contributed by atoms with E-state index in [2.05, 4.69) is 4.74 Å². The molecule has 4 atom stereocenters. The van der Waals surface area contributed by atoms with E-state index in [1.807, 2.05) is 0 Å². The molecule has 1 aliphatic heterocycles. The van der Waals surface area contributed by atoms with Gasteiger partial charge in [0.2, 0.25) is 0 Å². The van der Waals surface area contributed by atoms with Gasteiger partial charge >= 0.3 is 5.97 Å². The van der Waals surface area contributed by atoms with E-state index in [4.69, 9.17) is 4.74 Å². The largest absolute Gasteiger partial charge is 0.469 e. The minimum atomic E-state index is -0.125. The Morgan fingerprint density at radius 3 is 2.94 bits per heavy atom. The van der Waals surface area contributed by atoms with E-state index in [9.17, 15) is 9.90 Å². The Hall–Kier alpha value is -0.610. The third-order valence-electron chi connectivity index (χ3n) is 4.43. The molecule has 0 aromatic carbocycles. The van der Waals surface area contributed by atoms with Crippen molar-refractivity contribution in [2.24, 2.45) is 11.8 Å². The van der Waals surface area contributed by atoms with E-state index in [0.29, 0.717) is 37.1 Å². The number of esters is 1. The molecule has 0 radical (unpaired) electrons. The highest BCUT2D eigenvalue weighted by Gasteiger charge is 2.43. The van der Waals surface area contributed by atoms with Crippen molar-refractivity contribution in [3.63, 3.8) is 0 Å². The Kier molecular flexibility index (Phi) is 5.01. The van der Waals surface area contributed by atoms with Gasteiger partial charge in [-0.1, -0.05) is 6.42 Å². The molecule has 104 valence electrons. The van der Waals surface area contributed by atoms with Crippen LogP contribution < -0.4 is 0 Å². The number of fused-ring (bicyclic) bond motifs is 1. The Balaban J connectivity index is 1.63. The van der Waals surface area contributed by atoms with Gasteiger partial charge in [-0.25, -0.2) is 0 Å². The highest BCUT2D eigenvalue weighted by atomic mass is 16.5. The second-order valence-electron chi connectivity index (χ2n) is 5.54. The maximum atomic E-state index is 11.0. The zero-order valence-corrected chi connectivity index (χ0v) is 11.1. The van der Waals surface area contributed by atoms with Crippen LogP contribution in [0.25, 0.3) is 0 Å². The van der Waals surface area contributed by atoms with Gasteiger partial charge in [0, 0.05) is 13.0 Å². The van der Waals surface area contributed by atoms with E-state index in [-0.39, 0.29) is 5.97 Å². The monoisotopic (exact) mass is 256 g/mol. The third-order valence-corrected chi connectivity index (χ3v) is 4.43. The van der Waals surface area contributed by atoms with Gasteiger partial charge in [-0.05, 0) is 43.9 Å². The summed E-state index contributed by atoms with van der Waals surface area (Å²) in [4.78, 5) is 11.0. The van der Waals surface area contributed by atoms with Crippen LogP contribution in [0.2, 0.25) is 0 Å². The molecule has 2 fully saturated rings. The lowest BCUT2D eigenvalue weighted by Crippen LogP contribution is -2.16. The van der Waals surface area contributed by atoms with Crippen molar-refractivity contribution in [3.05, 3.63) is 0 Å². The fraction of sp³-hybridized carbons (Fsp3) is 0.929. The van der Waals surface area contributed by atoms with Crippen LogP contribution in [0.4, 0.5) is 0 Å². The number of carbonyl (C=O) groups excluding carboxylic acids is 1. The number of hydrogen-bond acceptors (Lipinski definition) is 4. The van der Waals surface area contributed by atoms with E-state index in [1.165, 1.54) is 7.11 Å². The van der Waals surface area contributed by atoms with Crippen LogP contribution in [0.3, 0.4) is 0 Å². The van der Waals surface area contributed by atoms with Gasteiger partial charge in [-0.3, -0.25) is 4.79 Å². The lowest BCUT2D eigenvalue weighted by atomic mass is 9.91. The number of rotatable bonds is 6. The molecule has 2 aliphatic rings. The summed E-state index contributed by atoms with van der Waals surface area (Å²) >= 11 is 0. The van der Waals surface area contributed by atoms with Crippen molar-refractivity contribution in [3.8, 4) is 0 Å². The maximum absolute atomic E-state index is 11.0. The quantitative estimate of drug-likeness (QED) is 0.582. The first-order valence-electron chi connectivity index (χ1n) is 7.07. The average molecular weight is 256 g/mol. The Labute approximate surface area is 109 Å². The summed E-state index contributed by atoms with van der Waals surface area (Å²) in [7, 11) is 1.43. The standard InChI is InChI=1S/C14H24O4/c1-17-14(16)5-3-2-4-11-8-12-10(9-15)6-7-13(12)18-11/h10-13,15H,2-9H2,1H3. The molecule has 0 aromatic rings. The first-order valence-corrected chi connectivity index (χ1v) is 7.07. The summed E-state index contributed by atoms with van der Waals surface area (Å²) in [5.41, 5.74) is 0. The topological polar surface area (TPSA) is 55.8 Å². The molecular weight excluding hydrogens is 232 g/mol. The van der Waals surface area contributed by atoms with Crippen LogP contribution in [-0.4, -0.2) is 37.0 Å². The lowest BCUT2D eigenvalue weighted by Gasteiger charge is -2.14. The van der Waals surface area contributed by atoms with Crippen LogP contribution in [-0.2, 0) is 14.3 Å². The van der Waals surface area contributed by atoms with Gasteiger partial charge in [0.1, 0.15) is 0 Å². The number of hydrogen-bond donors (Lipinski definition) is 1. The van der Waals surface area contributed by atoms with Crippen LogP contribution in [0, 0.1) is 11.8 Å². The predicted octanol–water partition coefficient (Wildman–Crippen LogP) is 1.90. The minimum absolute atomic E-state index is 0.125. The normalized spacial score (nSPS) is 34.6. The number of aliphatic hydroxyl groups is 1. The second kappa shape index (κ2) is 6.53. The molecule has 1 saturated carbocycles. The molecule has 0 bridgehead atoms. The number of carbonyl (C=O) groups is 1. The molecular formula is C14H24O4. The number of unbranched alkanes of at least 4 members (excludes halogenated alkanes) is 1. The molecule has 0 amide bonds. The smallest absolute Gasteiger partial charge is 0.305 e. The van der Waals surface area contributed by atoms with Crippen LogP contribution in [0.15, 0.2) is 0 Å². The van der Waals surface area contributed by atoms with Crippen molar-refractivity contribution in [2.75, 3.05) is 13.7 Å². The van der Waals surface area contributed by atoms with Crippen molar-refractivity contribution in [1.82, 2.24) is 0 Å². The molecule has 4 nitrogen and oxygen atoms in total. The Morgan fingerprint density at radius 1 is 1.39 bits per heavy atom. The zero-order valence-electron chi connectivity index (χ0n) is 11.1. The van der Waals surface area contributed by atoms with Gasteiger partial charge in [-0.2, -0.15) is 0 Å². The highest BCUT2D eigenvalue weighted by molar-refractivity contribution is 5.68. The van der Waals surface area contributed by atoms with Gasteiger partial charge in [0.25, 0.3) is 0 Å². The Morgan fingerprint density at radius 2 is 2.22 bits per heavy atom. The van der Waals surface area contributed by atoms with E-state index in [0.717, 1.165) is 38.5 Å². The van der Waals surface area contributed by atoms with Crippen LogP contribution in [0.5, 0.6) is 0 Å². The SMILES string of the molecule is COC(=O)CCCCC1CC2C(CO)CCC2O1. The number of ether oxygens (including phenoxy) is 2. The van der Waals surface area contributed by atoms with E-state index >= 15 is 0 Å². The number of aliphatic hydroxyl groups excluding tert-OH is 1. The second-order valence-corrected chi connectivity index (χ2v) is 5.54.